The minimum atomic E-state index is -0.104. The molecule has 1 N–H and O–H groups in total. The number of nitrogens with zero attached hydrogens (tertiary/aromatic N) is 1. The fraction of sp³-hybridized carbons (Fsp3) is 0.200. The van der Waals surface area contributed by atoms with E-state index in [1.54, 1.807) is 18.0 Å². The number of benzene rings is 1. The monoisotopic (exact) mass is 304 g/mol. The van der Waals surface area contributed by atoms with Crippen molar-refractivity contribution in [3.8, 4) is 0 Å². The molecule has 2 heterocycles. The van der Waals surface area contributed by atoms with Crippen molar-refractivity contribution in [1.82, 2.24) is 4.98 Å². The number of fused-ring (bicyclic) bond motifs is 1. The van der Waals surface area contributed by atoms with E-state index in [2.05, 4.69) is 16.4 Å². The first-order valence-electron chi connectivity index (χ1n) is 6.30. The molecule has 1 aliphatic heterocycles. The lowest BCUT2D eigenvalue weighted by Crippen LogP contribution is -2.21. The molecule has 1 amide bonds. The summed E-state index contributed by atoms with van der Waals surface area (Å²) >= 11 is 7.61. The molecular weight excluding hydrogens is 292 g/mol. The fourth-order valence-electron chi connectivity index (χ4n) is 2.24. The van der Waals surface area contributed by atoms with Gasteiger partial charge in [-0.2, -0.15) is 0 Å². The van der Waals surface area contributed by atoms with Crippen molar-refractivity contribution < 1.29 is 4.79 Å². The number of amides is 1. The van der Waals surface area contributed by atoms with Crippen molar-refractivity contribution >= 4 is 35.0 Å². The minimum absolute atomic E-state index is 0.00553. The zero-order chi connectivity index (χ0) is 14.1. The van der Waals surface area contributed by atoms with Crippen LogP contribution < -0.4 is 5.32 Å². The zero-order valence-corrected chi connectivity index (χ0v) is 12.5. The van der Waals surface area contributed by atoms with E-state index in [-0.39, 0.29) is 11.8 Å². The minimum Gasteiger partial charge on any atom is -0.324 e. The lowest BCUT2D eigenvalue weighted by molar-refractivity contribution is -0.117. The van der Waals surface area contributed by atoms with Crippen molar-refractivity contribution in [3.05, 3.63) is 52.8 Å². The van der Waals surface area contributed by atoms with Crippen LogP contribution >= 0.6 is 23.4 Å². The lowest BCUT2D eigenvalue weighted by Gasteiger charge is -2.12. The first-order chi connectivity index (χ1) is 9.65. The Bertz CT molecular complexity index is 675. The van der Waals surface area contributed by atoms with Gasteiger partial charge in [0, 0.05) is 10.6 Å². The quantitative estimate of drug-likeness (QED) is 0.856. The summed E-state index contributed by atoms with van der Waals surface area (Å²) in [6.45, 7) is 1.87. The molecule has 102 valence electrons. The maximum atomic E-state index is 12.4. The number of carbonyl (C=O) groups excluding carboxylic acids is 1. The van der Waals surface area contributed by atoms with Crippen LogP contribution in [0.25, 0.3) is 0 Å². The van der Waals surface area contributed by atoms with Crippen LogP contribution in [0.5, 0.6) is 0 Å². The van der Waals surface area contributed by atoms with Crippen LogP contribution in [0, 0.1) is 6.92 Å². The van der Waals surface area contributed by atoms with Crippen LogP contribution in [-0.4, -0.2) is 16.6 Å². The van der Waals surface area contributed by atoms with Gasteiger partial charge in [0.2, 0.25) is 5.91 Å². The van der Waals surface area contributed by atoms with Crippen molar-refractivity contribution in [2.75, 3.05) is 11.1 Å². The third-order valence-corrected chi connectivity index (χ3v) is 4.88. The molecule has 20 heavy (non-hydrogen) atoms. The first kappa shape index (κ1) is 13.5. The van der Waals surface area contributed by atoms with Gasteiger partial charge in [-0.05, 0) is 30.2 Å². The van der Waals surface area contributed by atoms with Gasteiger partial charge in [0.05, 0.1) is 17.8 Å². The SMILES string of the molecule is Cc1cc(NC(=O)C2CSc3ccccc32)cnc1Cl. The molecule has 0 aliphatic carbocycles. The standard InChI is InChI=1S/C15H13ClN2OS/c1-9-6-10(7-17-14(9)16)18-15(19)12-8-20-13-5-3-2-4-11(12)13/h2-7,12H,8H2,1H3,(H,18,19). The number of aromatic nitrogens is 1. The summed E-state index contributed by atoms with van der Waals surface area (Å²) in [5.41, 5.74) is 2.64. The molecular formula is C15H13ClN2OS. The van der Waals surface area contributed by atoms with Gasteiger partial charge in [-0.25, -0.2) is 4.98 Å². The molecule has 1 aromatic heterocycles. The lowest BCUT2D eigenvalue weighted by atomic mass is 10.0. The highest BCUT2D eigenvalue weighted by molar-refractivity contribution is 7.99. The van der Waals surface area contributed by atoms with Crippen LogP contribution in [0.1, 0.15) is 17.0 Å². The molecule has 2 aromatic rings. The molecule has 0 fully saturated rings. The van der Waals surface area contributed by atoms with Gasteiger partial charge in [0.1, 0.15) is 5.15 Å². The summed E-state index contributed by atoms with van der Waals surface area (Å²) in [4.78, 5) is 17.6. The van der Waals surface area contributed by atoms with E-state index in [4.69, 9.17) is 11.6 Å². The summed E-state index contributed by atoms with van der Waals surface area (Å²) in [5.74, 6) is 0.684. The Morgan fingerprint density at radius 1 is 1.45 bits per heavy atom. The van der Waals surface area contributed by atoms with E-state index in [9.17, 15) is 4.79 Å². The van der Waals surface area contributed by atoms with Crippen LogP contribution in [0.15, 0.2) is 41.4 Å². The van der Waals surface area contributed by atoms with E-state index < -0.39 is 0 Å². The van der Waals surface area contributed by atoms with E-state index in [1.165, 1.54) is 4.90 Å². The van der Waals surface area contributed by atoms with Crippen molar-refractivity contribution in [3.63, 3.8) is 0 Å². The Morgan fingerprint density at radius 2 is 2.25 bits per heavy atom. The second-order valence-electron chi connectivity index (χ2n) is 4.72. The molecule has 0 bridgehead atoms. The second-order valence-corrected chi connectivity index (χ2v) is 6.14. The number of carbonyl (C=O) groups is 1. The molecule has 1 aromatic carbocycles. The number of nitrogens with one attached hydrogen (secondary N) is 1. The first-order valence-corrected chi connectivity index (χ1v) is 7.66. The van der Waals surface area contributed by atoms with Crippen LogP contribution in [0.2, 0.25) is 5.15 Å². The highest BCUT2D eigenvalue weighted by Gasteiger charge is 2.28. The Labute approximate surface area is 126 Å². The third kappa shape index (κ3) is 2.53. The topological polar surface area (TPSA) is 42.0 Å². The Kier molecular flexibility index (Phi) is 3.68. The molecule has 1 aliphatic rings. The number of aryl methyl sites for hydroxylation is 1. The number of anilines is 1. The Hall–Kier alpha value is -1.52. The summed E-state index contributed by atoms with van der Waals surface area (Å²) in [6, 6.07) is 9.88. The number of pyridine rings is 1. The summed E-state index contributed by atoms with van der Waals surface area (Å²) < 4.78 is 0. The van der Waals surface area contributed by atoms with E-state index in [0.717, 1.165) is 16.9 Å². The molecule has 5 heteroatoms. The van der Waals surface area contributed by atoms with Crippen LogP contribution in [0.4, 0.5) is 5.69 Å². The van der Waals surface area contributed by atoms with Gasteiger partial charge in [-0.3, -0.25) is 4.79 Å². The maximum Gasteiger partial charge on any atom is 0.232 e. The van der Waals surface area contributed by atoms with Gasteiger partial charge in [0.15, 0.2) is 0 Å². The van der Waals surface area contributed by atoms with Crippen molar-refractivity contribution in [2.45, 2.75) is 17.7 Å². The third-order valence-electron chi connectivity index (χ3n) is 3.30. The molecule has 3 nitrogen and oxygen atoms in total. The molecule has 1 unspecified atom stereocenters. The summed E-state index contributed by atoms with van der Waals surface area (Å²) in [7, 11) is 0. The van der Waals surface area contributed by atoms with E-state index >= 15 is 0 Å². The van der Waals surface area contributed by atoms with Crippen LogP contribution in [0.3, 0.4) is 0 Å². The van der Waals surface area contributed by atoms with Gasteiger partial charge < -0.3 is 5.32 Å². The largest absolute Gasteiger partial charge is 0.324 e. The number of halogens is 1. The van der Waals surface area contributed by atoms with Gasteiger partial charge in [-0.15, -0.1) is 11.8 Å². The molecule has 1 atom stereocenters. The molecule has 0 radical (unpaired) electrons. The van der Waals surface area contributed by atoms with Crippen LogP contribution in [-0.2, 0) is 4.79 Å². The smallest absolute Gasteiger partial charge is 0.232 e. The number of hydrogen-bond acceptors (Lipinski definition) is 3. The molecule has 0 saturated carbocycles. The Balaban J connectivity index is 1.79. The zero-order valence-electron chi connectivity index (χ0n) is 10.9. The van der Waals surface area contributed by atoms with E-state index in [1.807, 2.05) is 31.2 Å². The number of thioether (sulfide) groups is 1. The van der Waals surface area contributed by atoms with Gasteiger partial charge in [-0.1, -0.05) is 29.8 Å². The van der Waals surface area contributed by atoms with Crippen molar-refractivity contribution in [2.24, 2.45) is 0 Å². The summed E-state index contributed by atoms with van der Waals surface area (Å²) in [5, 5.41) is 3.38. The molecule has 0 saturated heterocycles. The molecule has 3 rings (SSSR count). The van der Waals surface area contributed by atoms with E-state index in [0.29, 0.717) is 10.8 Å². The predicted molar refractivity (Wildman–Crippen MR) is 82.5 cm³/mol. The average molecular weight is 305 g/mol. The highest BCUT2D eigenvalue weighted by atomic mass is 35.5. The summed E-state index contributed by atoms with van der Waals surface area (Å²) in [6.07, 6.45) is 1.58. The Morgan fingerprint density at radius 3 is 3.05 bits per heavy atom. The predicted octanol–water partition coefficient (Wildman–Crippen LogP) is 3.87. The fourth-order valence-corrected chi connectivity index (χ4v) is 3.57. The highest BCUT2D eigenvalue weighted by Crippen LogP contribution is 2.39. The maximum absolute atomic E-state index is 12.4. The van der Waals surface area contributed by atoms with Crippen molar-refractivity contribution in [1.29, 1.82) is 0 Å². The average Bonchev–Trinajstić information content (AvgIpc) is 2.87. The second kappa shape index (κ2) is 5.46. The molecule has 0 spiro atoms. The van der Waals surface area contributed by atoms with Gasteiger partial charge >= 0.3 is 0 Å². The number of hydrogen-bond donors (Lipinski definition) is 1. The number of rotatable bonds is 2. The normalized spacial score (nSPS) is 16.8. The van der Waals surface area contributed by atoms with Gasteiger partial charge in [0.25, 0.3) is 0 Å².